The van der Waals surface area contributed by atoms with Crippen molar-refractivity contribution in [1.82, 2.24) is 10.3 Å². The first kappa shape index (κ1) is 18.2. The molecule has 0 spiro atoms. The molecule has 2 heterocycles. The van der Waals surface area contributed by atoms with E-state index in [0.717, 1.165) is 24.1 Å². The lowest BCUT2D eigenvalue weighted by Crippen LogP contribution is -2.35. The van der Waals surface area contributed by atoms with Crippen LogP contribution in [-0.2, 0) is 15.9 Å². The molecule has 0 bridgehead atoms. The minimum absolute atomic E-state index is 0.400. The van der Waals surface area contributed by atoms with Crippen molar-refractivity contribution < 1.29 is 19.0 Å². The second-order valence-electron chi connectivity index (χ2n) is 5.87. The molecule has 0 amide bonds. The second kappa shape index (κ2) is 8.64. The smallest absolute Gasteiger partial charge is 0.345 e. The fourth-order valence-corrected chi connectivity index (χ4v) is 2.86. The zero-order chi connectivity index (χ0) is 18.4. The van der Waals surface area contributed by atoms with E-state index < -0.39 is 12.3 Å². The first-order valence-electron chi connectivity index (χ1n) is 8.54. The molecule has 1 aliphatic heterocycles. The number of nitrogens with one attached hydrogen (secondary N) is 2. The quantitative estimate of drug-likeness (QED) is 0.470. The maximum Gasteiger partial charge on any atom is 0.345 e. The normalized spacial score (nSPS) is 13.7. The molecule has 0 atom stereocenters. The number of hydrogen-bond acceptors (Lipinski definition) is 6. The molecule has 2 N–H and O–H groups in total. The monoisotopic (exact) mass is 357 g/mol. The highest BCUT2D eigenvalue weighted by molar-refractivity contribution is 6.09. The third-order valence-electron chi connectivity index (χ3n) is 4.19. The summed E-state index contributed by atoms with van der Waals surface area (Å²) in [4.78, 5) is 20.5. The number of carbonyl (C=O) groups excluding carboxylic acids is 1. The first-order chi connectivity index (χ1) is 12.7. The molecular formula is C19H23N3O4. The summed E-state index contributed by atoms with van der Waals surface area (Å²) >= 11 is 0. The molecule has 0 unspecified atom stereocenters. The van der Waals surface area contributed by atoms with Crippen molar-refractivity contribution in [3.63, 3.8) is 0 Å². The lowest BCUT2D eigenvalue weighted by molar-refractivity contribution is -0.0965. The number of methoxy groups -OCH3 is 2. The number of aromatic amines is 1. The predicted octanol–water partition coefficient (Wildman–Crippen LogP) is 2.14. The third-order valence-corrected chi connectivity index (χ3v) is 4.19. The molecule has 26 heavy (non-hydrogen) atoms. The summed E-state index contributed by atoms with van der Waals surface area (Å²) in [6, 6.07) is 9.02. The van der Waals surface area contributed by atoms with Gasteiger partial charge in [-0.3, -0.25) is 4.99 Å². The summed E-state index contributed by atoms with van der Waals surface area (Å²) in [6.07, 6.45) is 3.01. The van der Waals surface area contributed by atoms with Gasteiger partial charge in [0.15, 0.2) is 6.29 Å². The summed E-state index contributed by atoms with van der Waals surface area (Å²) in [5.74, 6) is 0.740. The van der Waals surface area contributed by atoms with Crippen LogP contribution in [0.5, 0.6) is 5.75 Å². The number of esters is 1. The lowest BCUT2D eigenvalue weighted by Gasteiger charge is -2.16. The van der Waals surface area contributed by atoms with E-state index in [1.54, 1.807) is 32.5 Å². The van der Waals surface area contributed by atoms with Gasteiger partial charge in [-0.1, -0.05) is 18.2 Å². The van der Waals surface area contributed by atoms with E-state index in [2.05, 4.69) is 15.3 Å². The van der Waals surface area contributed by atoms with E-state index in [1.165, 1.54) is 0 Å². The zero-order valence-electron chi connectivity index (χ0n) is 15.0. The molecule has 0 aliphatic carbocycles. The van der Waals surface area contributed by atoms with E-state index in [-0.39, 0.29) is 0 Å². The number of ether oxygens (including phenoxy) is 3. The fourth-order valence-electron chi connectivity index (χ4n) is 2.86. The lowest BCUT2D eigenvalue weighted by atomic mass is 10.1. The van der Waals surface area contributed by atoms with Crippen molar-refractivity contribution in [2.75, 3.05) is 27.3 Å². The summed E-state index contributed by atoms with van der Waals surface area (Å²) in [5, 5.41) is 3.24. The summed E-state index contributed by atoms with van der Waals surface area (Å²) in [7, 11) is 3.16. The molecule has 3 rings (SSSR count). The standard InChI is InChI=1S/C19H23N3O4/c1-24-16(25-2)12-22-18-17-14(11-21-15(17)9-6-10-20-18)19(23)26-13-7-4-3-5-8-13/h3-5,7-8,11,16,21H,6,9-10,12H2,1-2H3,(H,20,22). The third kappa shape index (κ3) is 4.12. The van der Waals surface area contributed by atoms with Crippen LogP contribution in [0.2, 0.25) is 0 Å². The zero-order valence-corrected chi connectivity index (χ0v) is 15.0. The van der Waals surface area contributed by atoms with E-state index in [4.69, 9.17) is 14.2 Å². The number of aromatic nitrogens is 1. The largest absolute Gasteiger partial charge is 0.423 e. The van der Waals surface area contributed by atoms with Crippen LogP contribution in [0.25, 0.3) is 0 Å². The minimum atomic E-state index is -0.417. The number of rotatable bonds is 6. The van der Waals surface area contributed by atoms with Gasteiger partial charge in [0.05, 0.1) is 17.7 Å². The van der Waals surface area contributed by atoms with Gasteiger partial charge in [0.2, 0.25) is 0 Å². The van der Waals surface area contributed by atoms with Gasteiger partial charge >= 0.3 is 5.97 Å². The topological polar surface area (TPSA) is 84.9 Å². The number of fused-ring (bicyclic) bond motifs is 1. The van der Waals surface area contributed by atoms with Gasteiger partial charge in [-0.25, -0.2) is 4.79 Å². The summed E-state index contributed by atoms with van der Waals surface area (Å²) in [6.45, 7) is 1.10. The van der Waals surface area contributed by atoms with Crippen LogP contribution in [0.3, 0.4) is 0 Å². The van der Waals surface area contributed by atoms with Gasteiger partial charge in [0.25, 0.3) is 0 Å². The molecule has 2 aromatic rings. The predicted molar refractivity (Wildman–Crippen MR) is 97.7 cm³/mol. The molecule has 7 heteroatoms. The highest BCUT2D eigenvalue weighted by Gasteiger charge is 2.25. The molecule has 1 aromatic carbocycles. The van der Waals surface area contributed by atoms with Crippen LogP contribution in [0.1, 0.15) is 28.0 Å². The van der Waals surface area contributed by atoms with Gasteiger partial charge in [-0.15, -0.1) is 0 Å². The second-order valence-corrected chi connectivity index (χ2v) is 5.87. The number of hydrogen-bond donors (Lipinski definition) is 2. The Morgan fingerprint density at radius 1 is 1.27 bits per heavy atom. The highest BCUT2D eigenvalue weighted by atomic mass is 16.7. The summed E-state index contributed by atoms with van der Waals surface area (Å²) in [5.41, 5.74) is 2.19. The number of aliphatic imine (C=N–C) groups is 1. The number of benzene rings is 1. The van der Waals surface area contributed by atoms with E-state index in [9.17, 15) is 4.79 Å². The molecular weight excluding hydrogens is 334 g/mol. The number of amidine groups is 1. The Balaban J connectivity index is 1.83. The Labute approximate surface area is 152 Å². The Morgan fingerprint density at radius 2 is 2.04 bits per heavy atom. The highest BCUT2D eigenvalue weighted by Crippen LogP contribution is 2.21. The van der Waals surface area contributed by atoms with Crippen LogP contribution in [0, 0.1) is 0 Å². The van der Waals surface area contributed by atoms with Crippen LogP contribution in [0.15, 0.2) is 41.5 Å². The van der Waals surface area contributed by atoms with E-state index in [0.29, 0.717) is 30.2 Å². The maximum atomic E-state index is 12.7. The van der Waals surface area contributed by atoms with Crippen LogP contribution in [-0.4, -0.2) is 50.4 Å². The molecule has 0 saturated heterocycles. The van der Waals surface area contributed by atoms with Crippen LogP contribution in [0.4, 0.5) is 0 Å². The summed E-state index contributed by atoms with van der Waals surface area (Å²) < 4.78 is 15.9. The van der Waals surface area contributed by atoms with Gasteiger partial charge < -0.3 is 24.5 Å². The van der Waals surface area contributed by atoms with E-state index in [1.807, 2.05) is 18.2 Å². The Morgan fingerprint density at radius 3 is 2.77 bits per heavy atom. The van der Waals surface area contributed by atoms with Crippen molar-refractivity contribution in [1.29, 1.82) is 0 Å². The van der Waals surface area contributed by atoms with Crippen LogP contribution >= 0.6 is 0 Å². The van der Waals surface area contributed by atoms with Crippen molar-refractivity contribution >= 4 is 11.8 Å². The molecule has 1 aliphatic rings. The molecule has 7 nitrogen and oxygen atoms in total. The minimum Gasteiger partial charge on any atom is -0.423 e. The first-order valence-corrected chi connectivity index (χ1v) is 8.54. The molecule has 0 radical (unpaired) electrons. The molecule has 0 fully saturated rings. The molecule has 0 saturated carbocycles. The average Bonchev–Trinajstić information content (AvgIpc) is 2.99. The van der Waals surface area contributed by atoms with Crippen molar-refractivity contribution in [3.8, 4) is 5.75 Å². The number of nitrogens with zero attached hydrogens (tertiary/aromatic N) is 1. The number of aryl methyl sites for hydroxylation is 1. The van der Waals surface area contributed by atoms with Crippen molar-refractivity contribution in [3.05, 3.63) is 53.3 Å². The molecule has 138 valence electrons. The fraction of sp³-hybridized carbons (Fsp3) is 0.368. The number of carbonyl (C=O) groups is 1. The van der Waals surface area contributed by atoms with Gasteiger partial charge in [0, 0.05) is 32.7 Å². The SMILES string of the molecule is COC(CNC1=NCCCc2[nH]cc(C(=O)Oc3ccccc3)c21)OC. The Bertz CT molecular complexity index is 766. The van der Waals surface area contributed by atoms with Gasteiger partial charge in [-0.2, -0.15) is 0 Å². The average molecular weight is 357 g/mol. The number of H-pyrrole nitrogens is 1. The van der Waals surface area contributed by atoms with Crippen LogP contribution < -0.4 is 10.1 Å². The van der Waals surface area contributed by atoms with E-state index >= 15 is 0 Å². The van der Waals surface area contributed by atoms with Gasteiger partial charge in [-0.05, 0) is 25.0 Å². The van der Waals surface area contributed by atoms with Crippen molar-refractivity contribution in [2.24, 2.45) is 4.99 Å². The molecule has 1 aromatic heterocycles. The number of para-hydroxylation sites is 1. The Hall–Kier alpha value is -2.64. The maximum absolute atomic E-state index is 12.7. The van der Waals surface area contributed by atoms with Crippen molar-refractivity contribution in [2.45, 2.75) is 19.1 Å². The Kier molecular flexibility index (Phi) is 6.04. The van der Waals surface area contributed by atoms with Gasteiger partial charge in [0.1, 0.15) is 11.6 Å².